The molecule has 3 nitrogen and oxygen atoms in total. The largest absolute Gasteiger partial charge is 0.321 e. The van der Waals surface area contributed by atoms with E-state index in [1.807, 2.05) is 0 Å². The minimum atomic E-state index is -0.686. The van der Waals surface area contributed by atoms with E-state index in [2.05, 4.69) is 5.32 Å². The average Bonchev–Trinajstić information content (AvgIpc) is 2.43. The van der Waals surface area contributed by atoms with Gasteiger partial charge in [0, 0.05) is 0 Å². The first-order chi connectivity index (χ1) is 9.51. The fourth-order valence-corrected chi connectivity index (χ4v) is 1.72. The topological polar surface area (TPSA) is 52.9 Å². The highest BCUT2D eigenvalue weighted by Gasteiger charge is 2.14. The lowest BCUT2D eigenvalue weighted by molar-refractivity contribution is 0.102. The SMILES string of the molecule is Cc1ccc(F)c(C(=O)Nc2ccc(F)cc2C#N)c1. The highest BCUT2D eigenvalue weighted by atomic mass is 19.1. The number of nitrogens with one attached hydrogen (secondary N) is 1. The molecule has 0 aliphatic carbocycles. The molecule has 0 bridgehead atoms. The van der Waals surface area contributed by atoms with E-state index < -0.39 is 17.5 Å². The Balaban J connectivity index is 2.33. The van der Waals surface area contributed by atoms with Gasteiger partial charge in [0.1, 0.15) is 17.7 Å². The Kier molecular flexibility index (Phi) is 3.76. The van der Waals surface area contributed by atoms with Crippen molar-refractivity contribution in [1.29, 1.82) is 5.26 Å². The van der Waals surface area contributed by atoms with Crippen molar-refractivity contribution in [2.24, 2.45) is 0 Å². The van der Waals surface area contributed by atoms with Gasteiger partial charge in [-0.3, -0.25) is 4.79 Å². The van der Waals surface area contributed by atoms with E-state index in [0.717, 1.165) is 17.7 Å². The Bertz CT molecular complexity index is 720. The molecule has 100 valence electrons. The van der Waals surface area contributed by atoms with Crippen LogP contribution < -0.4 is 5.32 Å². The molecule has 0 fully saturated rings. The van der Waals surface area contributed by atoms with Gasteiger partial charge < -0.3 is 5.32 Å². The minimum Gasteiger partial charge on any atom is -0.321 e. The van der Waals surface area contributed by atoms with Crippen LogP contribution in [0.5, 0.6) is 0 Å². The smallest absolute Gasteiger partial charge is 0.258 e. The van der Waals surface area contributed by atoms with Crippen LogP contribution in [0.15, 0.2) is 36.4 Å². The number of anilines is 1. The van der Waals surface area contributed by atoms with Gasteiger partial charge in [0.25, 0.3) is 5.91 Å². The van der Waals surface area contributed by atoms with Crippen LogP contribution in [0.2, 0.25) is 0 Å². The first kappa shape index (κ1) is 13.7. The van der Waals surface area contributed by atoms with Gasteiger partial charge >= 0.3 is 0 Å². The number of nitrogens with zero attached hydrogens (tertiary/aromatic N) is 1. The molecule has 0 radical (unpaired) electrons. The number of carbonyl (C=O) groups is 1. The summed E-state index contributed by atoms with van der Waals surface area (Å²) < 4.78 is 26.6. The molecule has 20 heavy (non-hydrogen) atoms. The summed E-state index contributed by atoms with van der Waals surface area (Å²) in [7, 11) is 0. The molecule has 0 aliphatic heterocycles. The fourth-order valence-electron chi connectivity index (χ4n) is 1.72. The minimum absolute atomic E-state index is 0.0218. The van der Waals surface area contributed by atoms with Crippen molar-refractivity contribution in [2.45, 2.75) is 6.92 Å². The molecule has 2 rings (SSSR count). The van der Waals surface area contributed by atoms with E-state index in [-0.39, 0.29) is 16.8 Å². The van der Waals surface area contributed by atoms with Crippen LogP contribution >= 0.6 is 0 Å². The Morgan fingerprint density at radius 3 is 2.65 bits per heavy atom. The third-order valence-corrected chi connectivity index (χ3v) is 2.72. The Hall–Kier alpha value is -2.74. The zero-order valence-electron chi connectivity index (χ0n) is 10.6. The maximum atomic E-state index is 13.6. The molecule has 1 N–H and O–H groups in total. The monoisotopic (exact) mass is 272 g/mol. The molecule has 0 saturated heterocycles. The summed E-state index contributed by atoms with van der Waals surface area (Å²) in [6.07, 6.45) is 0. The first-order valence-corrected chi connectivity index (χ1v) is 5.78. The maximum absolute atomic E-state index is 13.6. The summed E-state index contributed by atoms with van der Waals surface area (Å²) in [5.41, 5.74) is 0.723. The standard InChI is InChI=1S/C15H10F2N2O/c1-9-2-4-13(17)12(6-9)15(20)19-14-5-3-11(16)7-10(14)8-18/h2-7H,1H3,(H,19,20). The second kappa shape index (κ2) is 5.49. The summed E-state index contributed by atoms with van der Waals surface area (Å²) in [6, 6.07) is 9.29. The van der Waals surface area contributed by atoms with Crippen LogP contribution in [0.1, 0.15) is 21.5 Å². The third-order valence-electron chi connectivity index (χ3n) is 2.72. The van der Waals surface area contributed by atoms with Crippen molar-refractivity contribution in [1.82, 2.24) is 0 Å². The molecule has 1 amide bonds. The molecule has 0 atom stereocenters. The lowest BCUT2D eigenvalue weighted by Gasteiger charge is -2.08. The van der Waals surface area contributed by atoms with Crippen LogP contribution in [-0.2, 0) is 0 Å². The van der Waals surface area contributed by atoms with Gasteiger partial charge in [0.15, 0.2) is 0 Å². The fraction of sp³-hybridized carbons (Fsp3) is 0.0667. The zero-order chi connectivity index (χ0) is 14.7. The number of aryl methyl sites for hydroxylation is 1. The van der Waals surface area contributed by atoms with Crippen molar-refractivity contribution in [2.75, 3.05) is 5.32 Å². The summed E-state index contributed by atoms with van der Waals surface area (Å²) in [5.74, 6) is -1.93. The Morgan fingerprint density at radius 2 is 1.95 bits per heavy atom. The predicted molar refractivity (Wildman–Crippen MR) is 70.2 cm³/mol. The molecule has 0 aliphatic rings. The van der Waals surface area contributed by atoms with Crippen LogP contribution in [0, 0.1) is 29.9 Å². The Labute approximate surface area is 114 Å². The predicted octanol–water partition coefficient (Wildman–Crippen LogP) is 3.40. The number of carbonyl (C=O) groups excluding carboxylic acids is 1. The first-order valence-electron chi connectivity index (χ1n) is 5.78. The van der Waals surface area contributed by atoms with E-state index in [0.29, 0.717) is 0 Å². The van der Waals surface area contributed by atoms with Crippen LogP contribution in [-0.4, -0.2) is 5.91 Å². The molecule has 2 aromatic rings. The van der Waals surface area contributed by atoms with Crippen LogP contribution in [0.25, 0.3) is 0 Å². The molecule has 0 aromatic heterocycles. The summed E-state index contributed by atoms with van der Waals surface area (Å²) in [6.45, 7) is 1.73. The summed E-state index contributed by atoms with van der Waals surface area (Å²) in [5, 5.41) is 11.3. The van der Waals surface area contributed by atoms with Gasteiger partial charge in [-0.15, -0.1) is 0 Å². The molecule has 0 saturated carbocycles. The van der Waals surface area contributed by atoms with Crippen molar-refractivity contribution < 1.29 is 13.6 Å². The van der Waals surface area contributed by atoms with E-state index in [1.54, 1.807) is 19.1 Å². The van der Waals surface area contributed by atoms with Gasteiger partial charge in [-0.2, -0.15) is 5.26 Å². The normalized spacial score (nSPS) is 9.90. The molecule has 0 heterocycles. The quantitative estimate of drug-likeness (QED) is 0.911. The zero-order valence-corrected chi connectivity index (χ0v) is 10.6. The van der Waals surface area contributed by atoms with Gasteiger partial charge in [0.05, 0.1) is 16.8 Å². The molecular weight excluding hydrogens is 262 g/mol. The van der Waals surface area contributed by atoms with Crippen molar-refractivity contribution in [3.8, 4) is 6.07 Å². The third kappa shape index (κ3) is 2.81. The lowest BCUT2D eigenvalue weighted by Crippen LogP contribution is -2.15. The lowest BCUT2D eigenvalue weighted by atomic mass is 10.1. The van der Waals surface area contributed by atoms with E-state index in [9.17, 15) is 13.6 Å². The molecule has 0 spiro atoms. The molecular formula is C15H10F2N2O. The number of rotatable bonds is 2. The molecule has 5 heteroatoms. The van der Waals surface area contributed by atoms with E-state index in [4.69, 9.17) is 5.26 Å². The van der Waals surface area contributed by atoms with Gasteiger partial charge in [-0.05, 0) is 37.3 Å². The second-order valence-corrected chi connectivity index (χ2v) is 4.24. The van der Waals surface area contributed by atoms with Gasteiger partial charge in [0.2, 0.25) is 0 Å². The van der Waals surface area contributed by atoms with Crippen molar-refractivity contribution in [3.63, 3.8) is 0 Å². The highest BCUT2D eigenvalue weighted by Crippen LogP contribution is 2.18. The van der Waals surface area contributed by atoms with E-state index >= 15 is 0 Å². The molecule has 0 unspecified atom stereocenters. The summed E-state index contributed by atoms with van der Waals surface area (Å²) >= 11 is 0. The average molecular weight is 272 g/mol. The number of halogens is 2. The van der Waals surface area contributed by atoms with Crippen molar-refractivity contribution >= 4 is 11.6 Å². The number of hydrogen-bond donors (Lipinski definition) is 1. The number of nitriles is 1. The molecule has 2 aromatic carbocycles. The number of benzene rings is 2. The Morgan fingerprint density at radius 1 is 1.20 bits per heavy atom. The van der Waals surface area contributed by atoms with Gasteiger partial charge in [-0.25, -0.2) is 8.78 Å². The van der Waals surface area contributed by atoms with Gasteiger partial charge in [-0.1, -0.05) is 11.6 Å². The van der Waals surface area contributed by atoms with E-state index in [1.165, 1.54) is 18.2 Å². The summed E-state index contributed by atoms with van der Waals surface area (Å²) in [4.78, 5) is 12.0. The van der Waals surface area contributed by atoms with Crippen LogP contribution in [0.4, 0.5) is 14.5 Å². The number of hydrogen-bond acceptors (Lipinski definition) is 2. The second-order valence-electron chi connectivity index (χ2n) is 4.24. The number of amides is 1. The maximum Gasteiger partial charge on any atom is 0.258 e. The van der Waals surface area contributed by atoms with Crippen LogP contribution in [0.3, 0.4) is 0 Å². The van der Waals surface area contributed by atoms with Crippen molar-refractivity contribution in [3.05, 3.63) is 64.7 Å². The highest BCUT2D eigenvalue weighted by molar-refractivity contribution is 6.05.